The molecule has 0 radical (unpaired) electrons. The number of rotatable bonds is 5. The zero-order chi connectivity index (χ0) is 22.0. The molecule has 162 valence electrons. The highest BCUT2D eigenvalue weighted by molar-refractivity contribution is 5.93. The van der Waals surface area contributed by atoms with E-state index in [4.69, 9.17) is 9.15 Å². The van der Waals surface area contributed by atoms with Crippen LogP contribution in [-0.2, 0) is 4.79 Å². The summed E-state index contributed by atoms with van der Waals surface area (Å²) in [6, 6.07) is 13.0. The molecule has 0 aliphatic carbocycles. The second-order valence-corrected chi connectivity index (χ2v) is 8.44. The van der Waals surface area contributed by atoms with Crippen molar-refractivity contribution in [1.29, 1.82) is 0 Å². The van der Waals surface area contributed by atoms with Gasteiger partial charge in [-0.1, -0.05) is 6.92 Å². The van der Waals surface area contributed by atoms with Crippen molar-refractivity contribution in [3.05, 3.63) is 64.0 Å². The van der Waals surface area contributed by atoms with Crippen molar-refractivity contribution in [1.82, 2.24) is 0 Å². The Labute approximate surface area is 181 Å². The molecule has 1 saturated heterocycles. The average molecular weight is 421 g/mol. The standard InChI is InChI=1S/C25H28N2O4/c1-16-8-10-27(11-9-16)20-6-4-19(5-7-20)26-23(28)15-30-21-12-17(2)13-22-25(21)18(3)14-24(29)31-22/h4-7,12-14,16H,8-11,15H2,1-3H3,(H,26,28). The first-order valence-electron chi connectivity index (χ1n) is 10.7. The Morgan fingerprint density at radius 3 is 2.55 bits per heavy atom. The number of carbonyl (C=O) groups excluding carboxylic acids is 1. The van der Waals surface area contributed by atoms with Crippen LogP contribution >= 0.6 is 0 Å². The first-order valence-corrected chi connectivity index (χ1v) is 10.7. The number of anilines is 2. The lowest BCUT2D eigenvalue weighted by atomic mass is 9.99. The van der Waals surface area contributed by atoms with Crippen LogP contribution in [0.25, 0.3) is 11.0 Å². The van der Waals surface area contributed by atoms with Crippen LogP contribution in [0.3, 0.4) is 0 Å². The summed E-state index contributed by atoms with van der Waals surface area (Å²) in [7, 11) is 0. The molecule has 6 heteroatoms. The molecule has 0 unspecified atom stereocenters. The SMILES string of the molecule is Cc1cc(OCC(=O)Nc2ccc(N3CCC(C)CC3)cc2)c2c(C)cc(=O)oc2c1. The summed E-state index contributed by atoms with van der Waals surface area (Å²) in [5.41, 5.74) is 3.62. The van der Waals surface area contributed by atoms with Crippen molar-refractivity contribution < 1.29 is 13.9 Å². The maximum absolute atomic E-state index is 12.4. The van der Waals surface area contributed by atoms with Crippen molar-refractivity contribution >= 4 is 28.3 Å². The van der Waals surface area contributed by atoms with Crippen LogP contribution in [-0.4, -0.2) is 25.6 Å². The molecule has 0 saturated carbocycles. The Balaban J connectivity index is 1.40. The summed E-state index contributed by atoms with van der Waals surface area (Å²) in [6.45, 7) is 8.03. The van der Waals surface area contributed by atoms with Gasteiger partial charge in [-0.2, -0.15) is 0 Å². The van der Waals surface area contributed by atoms with E-state index in [1.807, 2.05) is 44.2 Å². The molecule has 2 aromatic carbocycles. The summed E-state index contributed by atoms with van der Waals surface area (Å²) >= 11 is 0. The molecule has 1 aromatic heterocycles. The van der Waals surface area contributed by atoms with E-state index in [-0.39, 0.29) is 12.5 Å². The maximum Gasteiger partial charge on any atom is 0.336 e. The fraction of sp³-hybridized carbons (Fsp3) is 0.360. The summed E-state index contributed by atoms with van der Waals surface area (Å²) in [5, 5.41) is 3.59. The quantitative estimate of drug-likeness (QED) is 0.608. The van der Waals surface area contributed by atoms with Gasteiger partial charge in [0.05, 0.1) is 5.39 Å². The summed E-state index contributed by atoms with van der Waals surface area (Å²) in [6.07, 6.45) is 2.43. The smallest absolute Gasteiger partial charge is 0.336 e. The van der Waals surface area contributed by atoms with E-state index in [1.165, 1.54) is 24.6 Å². The molecular formula is C25H28N2O4. The zero-order valence-electron chi connectivity index (χ0n) is 18.2. The number of nitrogens with zero attached hydrogens (tertiary/aromatic N) is 1. The van der Waals surface area contributed by atoms with Crippen molar-refractivity contribution in [2.24, 2.45) is 5.92 Å². The van der Waals surface area contributed by atoms with Crippen LogP contribution in [0.1, 0.15) is 30.9 Å². The molecule has 1 amide bonds. The summed E-state index contributed by atoms with van der Waals surface area (Å²) < 4.78 is 11.1. The Bertz CT molecular complexity index is 1140. The van der Waals surface area contributed by atoms with Crippen LogP contribution in [0.2, 0.25) is 0 Å². The summed E-state index contributed by atoms with van der Waals surface area (Å²) in [5.74, 6) is 1.07. The molecule has 0 spiro atoms. The largest absolute Gasteiger partial charge is 0.483 e. The van der Waals surface area contributed by atoms with Gasteiger partial charge in [0.2, 0.25) is 0 Å². The van der Waals surface area contributed by atoms with E-state index in [2.05, 4.69) is 17.1 Å². The second-order valence-electron chi connectivity index (χ2n) is 8.44. The number of carbonyl (C=O) groups is 1. The molecule has 1 aliphatic heterocycles. The van der Waals surface area contributed by atoms with E-state index < -0.39 is 5.63 Å². The number of amides is 1. The number of piperidine rings is 1. The minimum absolute atomic E-state index is 0.136. The van der Waals surface area contributed by atoms with Crippen LogP contribution in [0.15, 0.2) is 51.7 Å². The lowest BCUT2D eigenvalue weighted by Gasteiger charge is -2.32. The van der Waals surface area contributed by atoms with Gasteiger partial charge >= 0.3 is 5.63 Å². The van der Waals surface area contributed by atoms with E-state index >= 15 is 0 Å². The number of ether oxygens (including phenoxy) is 1. The third kappa shape index (κ3) is 4.90. The lowest BCUT2D eigenvalue weighted by Crippen LogP contribution is -2.32. The van der Waals surface area contributed by atoms with Gasteiger partial charge < -0.3 is 19.4 Å². The topological polar surface area (TPSA) is 71.8 Å². The van der Waals surface area contributed by atoms with Gasteiger partial charge in [-0.15, -0.1) is 0 Å². The average Bonchev–Trinajstić information content (AvgIpc) is 2.72. The van der Waals surface area contributed by atoms with Gasteiger partial charge in [-0.25, -0.2) is 4.79 Å². The molecule has 0 bridgehead atoms. The zero-order valence-corrected chi connectivity index (χ0v) is 18.2. The number of hydrogen-bond donors (Lipinski definition) is 1. The predicted octanol–water partition coefficient (Wildman–Crippen LogP) is 4.66. The Morgan fingerprint density at radius 2 is 1.84 bits per heavy atom. The monoisotopic (exact) mass is 420 g/mol. The van der Waals surface area contributed by atoms with Gasteiger partial charge in [0.1, 0.15) is 11.3 Å². The lowest BCUT2D eigenvalue weighted by molar-refractivity contribution is -0.118. The highest BCUT2D eigenvalue weighted by Crippen LogP contribution is 2.29. The second kappa shape index (κ2) is 8.84. The van der Waals surface area contributed by atoms with Crippen molar-refractivity contribution in [3.63, 3.8) is 0 Å². The van der Waals surface area contributed by atoms with E-state index in [0.29, 0.717) is 16.7 Å². The molecule has 1 fully saturated rings. The fourth-order valence-electron chi connectivity index (χ4n) is 4.05. The van der Waals surface area contributed by atoms with Gasteiger partial charge in [0.25, 0.3) is 5.91 Å². The number of nitrogens with one attached hydrogen (secondary N) is 1. The minimum atomic E-state index is -0.401. The molecule has 6 nitrogen and oxygen atoms in total. The van der Waals surface area contributed by atoms with E-state index in [0.717, 1.165) is 35.8 Å². The van der Waals surface area contributed by atoms with Crippen LogP contribution in [0.5, 0.6) is 5.75 Å². The minimum Gasteiger partial charge on any atom is -0.483 e. The van der Waals surface area contributed by atoms with Gasteiger partial charge in [-0.3, -0.25) is 4.79 Å². The van der Waals surface area contributed by atoms with Crippen LogP contribution in [0, 0.1) is 19.8 Å². The maximum atomic E-state index is 12.4. The van der Waals surface area contributed by atoms with Crippen molar-refractivity contribution in [3.8, 4) is 5.75 Å². The van der Waals surface area contributed by atoms with Gasteiger partial charge in [0, 0.05) is 30.5 Å². The van der Waals surface area contributed by atoms with Crippen molar-refractivity contribution in [2.75, 3.05) is 29.9 Å². The van der Waals surface area contributed by atoms with E-state index in [9.17, 15) is 9.59 Å². The number of aryl methyl sites for hydroxylation is 2. The normalized spacial score (nSPS) is 14.6. The first-order chi connectivity index (χ1) is 14.9. The predicted molar refractivity (Wildman–Crippen MR) is 123 cm³/mol. The Morgan fingerprint density at radius 1 is 1.13 bits per heavy atom. The Kier molecular flexibility index (Phi) is 5.98. The van der Waals surface area contributed by atoms with Crippen LogP contribution < -0.4 is 20.6 Å². The molecule has 1 aliphatic rings. The number of benzene rings is 2. The molecular weight excluding hydrogens is 392 g/mol. The molecule has 4 rings (SSSR count). The molecule has 0 atom stereocenters. The first kappa shape index (κ1) is 21.0. The van der Waals surface area contributed by atoms with Crippen LogP contribution in [0.4, 0.5) is 11.4 Å². The fourth-order valence-corrected chi connectivity index (χ4v) is 4.05. The van der Waals surface area contributed by atoms with Gasteiger partial charge in [-0.05, 0) is 80.1 Å². The number of hydrogen-bond acceptors (Lipinski definition) is 5. The highest BCUT2D eigenvalue weighted by Gasteiger charge is 2.16. The van der Waals surface area contributed by atoms with Gasteiger partial charge in [0.15, 0.2) is 6.61 Å². The third-order valence-electron chi connectivity index (χ3n) is 5.81. The Hall–Kier alpha value is -3.28. The van der Waals surface area contributed by atoms with E-state index in [1.54, 1.807) is 6.07 Å². The van der Waals surface area contributed by atoms with Crippen molar-refractivity contribution in [2.45, 2.75) is 33.6 Å². The molecule has 1 N–H and O–H groups in total. The molecule has 31 heavy (non-hydrogen) atoms. The molecule has 2 heterocycles. The third-order valence-corrected chi connectivity index (χ3v) is 5.81. The number of fused-ring (bicyclic) bond motifs is 1. The summed E-state index contributed by atoms with van der Waals surface area (Å²) in [4.78, 5) is 26.5. The molecule has 3 aromatic rings. The highest BCUT2D eigenvalue weighted by atomic mass is 16.5.